The highest BCUT2D eigenvalue weighted by molar-refractivity contribution is 7.98. The number of allylic oxidation sites excluding steroid dienone is 2. The third-order valence-electron chi connectivity index (χ3n) is 3.90. The Morgan fingerprint density at radius 2 is 1.54 bits per heavy atom. The van der Waals surface area contributed by atoms with Crippen molar-refractivity contribution in [2.24, 2.45) is 4.40 Å². The normalized spacial score (nSPS) is 15.5. The molecule has 24 heavy (non-hydrogen) atoms. The number of halogens is 1. The number of benzene rings is 3. The SMILES string of the molecule is O=C1C(Cl)=C/C(=N\Sc2ccc3ccccc3c2)c2ccccc21. The second kappa shape index (κ2) is 6.27. The third-order valence-corrected chi connectivity index (χ3v) is 4.93. The number of carbonyl (C=O) groups excluding carboxylic acids is 1. The molecular weight excluding hydrogens is 338 g/mol. The van der Waals surface area contributed by atoms with Crippen LogP contribution >= 0.6 is 23.5 Å². The first-order chi connectivity index (χ1) is 11.7. The summed E-state index contributed by atoms with van der Waals surface area (Å²) in [6, 6.07) is 21.9. The van der Waals surface area contributed by atoms with Gasteiger partial charge in [-0.2, -0.15) is 0 Å². The molecule has 0 saturated heterocycles. The van der Waals surface area contributed by atoms with E-state index in [1.165, 1.54) is 22.7 Å². The maximum atomic E-state index is 12.1. The van der Waals surface area contributed by atoms with Crippen LogP contribution < -0.4 is 0 Å². The van der Waals surface area contributed by atoms with Gasteiger partial charge in [-0.05, 0) is 29.0 Å². The second-order valence-corrected chi connectivity index (χ2v) is 6.69. The van der Waals surface area contributed by atoms with Gasteiger partial charge in [0.05, 0.1) is 10.7 Å². The lowest BCUT2D eigenvalue weighted by atomic mass is 9.94. The molecule has 2 nitrogen and oxygen atoms in total. The quantitative estimate of drug-likeness (QED) is 0.559. The molecule has 4 rings (SSSR count). The molecule has 0 bridgehead atoms. The smallest absolute Gasteiger partial charge is 0.205 e. The Bertz CT molecular complexity index is 1020. The van der Waals surface area contributed by atoms with E-state index in [0.29, 0.717) is 11.3 Å². The van der Waals surface area contributed by atoms with E-state index < -0.39 is 0 Å². The van der Waals surface area contributed by atoms with Crippen molar-refractivity contribution in [2.75, 3.05) is 0 Å². The molecular formula is C20H12ClNOS. The van der Waals surface area contributed by atoms with Crippen LogP contribution in [0.1, 0.15) is 15.9 Å². The molecule has 0 fully saturated rings. The average molecular weight is 350 g/mol. The fraction of sp³-hybridized carbons (Fsp3) is 0. The summed E-state index contributed by atoms with van der Waals surface area (Å²) >= 11 is 7.45. The van der Waals surface area contributed by atoms with Crippen molar-refractivity contribution in [3.63, 3.8) is 0 Å². The van der Waals surface area contributed by atoms with Crippen molar-refractivity contribution >= 4 is 45.8 Å². The van der Waals surface area contributed by atoms with E-state index in [4.69, 9.17) is 11.6 Å². The summed E-state index contributed by atoms with van der Waals surface area (Å²) in [6.07, 6.45) is 1.64. The van der Waals surface area contributed by atoms with Crippen LogP contribution in [0.3, 0.4) is 0 Å². The summed E-state index contributed by atoms with van der Waals surface area (Å²) in [7, 11) is 0. The lowest BCUT2D eigenvalue weighted by Gasteiger charge is -2.13. The number of hydrogen-bond acceptors (Lipinski definition) is 3. The number of nitrogens with zero attached hydrogens (tertiary/aromatic N) is 1. The fourth-order valence-corrected chi connectivity index (χ4v) is 3.57. The van der Waals surface area contributed by atoms with Crippen LogP contribution in [0.5, 0.6) is 0 Å². The molecule has 0 saturated carbocycles. The zero-order chi connectivity index (χ0) is 16.5. The Labute approximate surface area is 149 Å². The summed E-state index contributed by atoms with van der Waals surface area (Å²) in [5.74, 6) is -0.151. The first-order valence-corrected chi connectivity index (χ1v) is 8.62. The van der Waals surface area contributed by atoms with Gasteiger partial charge in [-0.1, -0.05) is 66.2 Å². The zero-order valence-electron chi connectivity index (χ0n) is 12.6. The Morgan fingerprint density at radius 1 is 0.833 bits per heavy atom. The monoisotopic (exact) mass is 349 g/mol. The molecule has 116 valence electrons. The number of ketones is 1. The first-order valence-electron chi connectivity index (χ1n) is 7.47. The van der Waals surface area contributed by atoms with E-state index in [-0.39, 0.29) is 10.8 Å². The van der Waals surface area contributed by atoms with Crippen LogP contribution in [0.15, 0.2) is 87.1 Å². The van der Waals surface area contributed by atoms with Gasteiger partial charge in [-0.15, -0.1) is 0 Å². The maximum absolute atomic E-state index is 12.1. The summed E-state index contributed by atoms with van der Waals surface area (Å²) < 4.78 is 4.61. The van der Waals surface area contributed by atoms with Gasteiger partial charge in [0, 0.05) is 28.0 Å². The molecule has 0 spiro atoms. The predicted octanol–water partition coefficient (Wildman–Crippen LogP) is 5.66. The van der Waals surface area contributed by atoms with Crippen molar-refractivity contribution < 1.29 is 4.79 Å². The molecule has 0 radical (unpaired) electrons. The van der Waals surface area contributed by atoms with Gasteiger partial charge in [0.2, 0.25) is 5.78 Å². The molecule has 0 heterocycles. The Kier molecular flexibility index (Phi) is 3.97. The van der Waals surface area contributed by atoms with Crippen LogP contribution in [0.4, 0.5) is 0 Å². The molecule has 0 aliphatic heterocycles. The molecule has 0 atom stereocenters. The Morgan fingerprint density at radius 3 is 2.38 bits per heavy atom. The minimum atomic E-state index is -0.151. The van der Waals surface area contributed by atoms with Gasteiger partial charge in [-0.3, -0.25) is 4.79 Å². The van der Waals surface area contributed by atoms with Gasteiger partial charge in [0.1, 0.15) is 0 Å². The van der Waals surface area contributed by atoms with Crippen molar-refractivity contribution in [3.8, 4) is 0 Å². The predicted molar refractivity (Wildman–Crippen MR) is 101 cm³/mol. The first kappa shape index (κ1) is 15.2. The van der Waals surface area contributed by atoms with Crippen LogP contribution in [0, 0.1) is 0 Å². The van der Waals surface area contributed by atoms with Crippen molar-refractivity contribution in [1.29, 1.82) is 0 Å². The van der Waals surface area contributed by atoms with Crippen LogP contribution in [0.2, 0.25) is 0 Å². The second-order valence-electron chi connectivity index (χ2n) is 5.44. The maximum Gasteiger partial charge on any atom is 0.205 e. The molecule has 1 aliphatic carbocycles. The van der Waals surface area contributed by atoms with Gasteiger partial charge >= 0.3 is 0 Å². The lowest BCUT2D eigenvalue weighted by molar-refractivity contribution is 0.104. The van der Waals surface area contributed by atoms with E-state index in [9.17, 15) is 4.79 Å². The highest BCUT2D eigenvalue weighted by Gasteiger charge is 2.22. The van der Waals surface area contributed by atoms with E-state index in [0.717, 1.165) is 10.5 Å². The summed E-state index contributed by atoms with van der Waals surface area (Å²) in [6.45, 7) is 0. The molecule has 3 aromatic rings. The van der Waals surface area contributed by atoms with E-state index in [2.05, 4.69) is 28.7 Å². The number of hydrogen-bond donors (Lipinski definition) is 0. The molecule has 3 aromatic carbocycles. The van der Waals surface area contributed by atoms with Gasteiger partial charge in [0.25, 0.3) is 0 Å². The third kappa shape index (κ3) is 2.77. The molecule has 0 aromatic heterocycles. The topological polar surface area (TPSA) is 29.4 Å². The van der Waals surface area contributed by atoms with Crippen LogP contribution in [0.25, 0.3) is 10.8 Å². The molecule has 0 N–H and O–H groups in total. The minimum Gasteiger partial charge on any atom is -0.288 e. The van der Waals surface area contributed by atoms with Gasteiger partial charge in [0.15, 0.2) is 0 Å². The highest BCUT2D eigenvalue weighted by Crippen LogP contribution is 2.28. The summed E-state index contributed by atoms with van der Waals surface area (Å²) in [5.41, 5.74) is 2.14. The number of fused-ring (bicyclic) bond motifs is 2. The van der Waals surface area contributed by atoms with E-state index >= 15 is 0 Å². The minimum absolute atomic E-state index is 0.151. The average Bonchev–Trinajstić information content (AvgIpc) is 2.63. The van der Waals surface area contributed by atoms with Crippen molar-refractivity contribution in [1.82, 2.24) is 0 Å². The summed E-state index contributed by atoms with van der Waals surface area (Å²) in [5, 5.41) is 2.58. The van der Waals surface area contributed by atoms with Gasteiger partial charge in [-0.25, -0.2) is 4.40 Å². The Hall–Kier alpha value is -2.36. The molecule has 1 aliphatic rings. The van der Waals surface area contributed by atoms with E-state index in [1.807, 2.05) is 36.4 Å². The Balaban J connectivity index is 1.71. The van der Waals surface area contributed by atoms with Crippen molar-refractivity contribution in [3.05, 3.63) is 89.0 Å². The summed E-state index contributed by atoms with van der Waals surface area (Å²) in [4.78, 5) is 13.2. The number of Topliss-reactive ketones (excluding diaryl/α,β-unsaturated/α-hetero) is 1. The molecule has 0 unspecified atom stereocenters. The van der Waals surface area contributed by atoms with Crippen LogP contribution in [-0.2, 0) is 0 Å². The largest absolute Gasteiger partial charge is 0.288 e. The fourth-order valence-electron chi connectivity index (χ4n) is 2.70. The zero-order valence-corrected chi connectivity index (χ0v) is 14.1. The number of rotatable bonds is 2. The van der Waals surface area contributed by atoms with E-state index in [1.54, 1.807) is 12.1 Å². The van der Waals surface area contributed by atoms with Crippen LogP contribution in [-0.4, -0.2) is 11.5 Å². The van der Waals surface area contributed by atoms with Crippen molar-refractivity contribution in [2.45, 2.75) is 4.90 Å². The molecule has 0 amide bonds. The standard InChI is InChI=1S/C20H12ClNOS/c21-18-12-19(16-7-3-4-8-17(16)20(18)23)22-24-15-10-9-13-5-1-2-6-14(13)11-15/h1-12H/b22-19+. The molecule has 4 heteroatoms. The lowest BCUT2D eigenvalue weighted by Crippen LogP contribution is -2.14. The number of carbonyl (C=O) groups is 1. The highest BCUT2D eigenvalue weighted by atomic mass is 35.5. The van der Waals surface area contributed by atoms with Gasteiger partial charge < -0.3 is 0 Å².